The quantitative estimate of drug-likeness (QED) is 0.842. The number of carbonyl (C=O) groups is 2. The summed E-state index contributed by atoms with van der Waals surface area (Å²) in [6.45, 7) is 5.11. The van der Waals surface area contributed by atoms with Crippen LogP contribution in [0.4, 0.5) is 15.6 Å². The van der Waals surface area contributed by atoms with Gasteiger partial charge in [0.25, 0.3) is 0 Å². The molecule has 2 aromatic rings. The predicted octanol–water partition coefficient (Wildman–Crippen LogP) is 2.18. The predicted molar refractivity (Wildman–Crippen MR) is 104 cm³/mol. The van der Waals surface area contributed by atoms with E-state index in [9.17, 15) is 9.59 Å². The minimum absolute atomic E-state index is 0.0151. The molecule has 138 valence electrons. The van der Waals surface area contributed by atoms with Gasteiger partial charge in [-0.15, -0.1) is 11.3 Å². The van der Waals surface area contributed by atoms with Crippen LogP contribution >= 0.6 is 11.3 Å². The van der Waals surface area contributed by atoms with Gasteiger partial charge < -0.3 is 20.4 Å². The normalized spacial score (nSPS) is 14.2. The van der Waals surface area contributed by atoms with Crippen molar-refractivity contribution in [3.8, 4) is 0 Å². The van der Waals surface area contributed by atoms with Crippen molar-refractivity contribution in [3.05, 3.63) is 41.4 Å². The van der Waals surface area contributed by atoms with Gasteiger partial charge in [0.05, 0.1) is 0 Å². The number of nitrogens with zero attached hydrogens (tertiary/aromatic N) is 3. The van der Waals surface area contributed by atoms with Gasteiger partial charge in [0.1, 0.15) is 0 Å². The van der Waals surface area contributed by atoms with Gasteiger partial charge in [-0.3, -0.25) is 4.79 Å². The standard InChI is InChI=1S/C18H23N5O2S/c1-14(24)21-16-4-2-15(3-5-16)6-7-19-17(25)22-9-11-23(12-10-22)18-20-8-13-26-18/h2-5,8,13H,6-7,9-12H2,1H3,(H,19,25)(H,21,24). The van der Waals surface area contributed by atoms with Gasteiger partial charge in [-0.2, -0.15) is 0 Å². The van der Waals surface area contributed by atoms with E-state index in [2.05, 4.69) is 20.5 Å². The van der Waals surface area contributed by atoms with E-state index >= 15 is 0 Å². The summed E-state index contributed by atoms with van der Waals surface area (Å²) in [6, 6.07) is 7.65. The summed E-state index contributed by atoms with van der Waals surface area (Å²) in [7, 11) is 0. The number of hydrogen-bond donors (Lipinski definition) is 2. The molecule has 0 atom stereocenters. The van der Waals surface area contributed by atoms with Crippen LogP contribution in [0.25, 0.3) is 0 Å². The Morgan fingerprint density at radius 1 is 1.15 bits per heavy atom. The fourth-order valence-electron chi connectivity index (χ4n) is 2.86. The van der Waals surface area contributed by atoms with E-state index in [4.69, 9.17) is 0 Å². The molecule has 1 aromatic carbocycles. The van der Waals surface area contributed by atoms with Crippen molar-refractivity contribution in [1.82, 2.24) is 15.2 Å². The summed E-state index contributed by atoms with van der Waals surface area (Å²) in [5, 5.41) is 8.71. The molecule has 2 N–H and O–H groups in total. The Hall–Kier alpha value is -2.61. The van der Waals surface area contributed by atoms with Crippen LogP contribution in [0.3, 0.4) is 0 Å². The molecular weight excluding hydrogens is 350 g/mol. The number of carbonyl (C=O) groups excluding carboxylic acids is 2. The highest BCUT2D eigenvalue weighted by molar-refractivity contribution is 7.13. The molecule has 0 spiro atoms. The first kappa shape index (κ1) is 18.2. The Bertz CT molecular complexity index is 725. The minimum Gasteiger partial charge on any atom is -0.345 e. The molecule has 0 saturated carbocycles. The maximum absolute atomic E-state index is 12.3. The molecule has 26 heavy (non-hydrogen) atoms. The molecule has 0 radical (unpaired) electrons. The van der Waals surface area contributed by atoms with Crippen LogP contribution in [-0.4, -0.2) is 54.5 Å². The van der Waals surface area contributed by atoms with E-state index in [1.807, 2.05) is 40.7 Å². The molecule has 0 bridgehead atoms. The van der Waals surface area contributed by atoms with Gasteiger partial charge in [0.15, 0.2) is 5.13 Å². The molecule has 2 heterocycles. The molecule has 1 aliphatic heterocycles. The number of nitrogens with one attached hydrogen (secondary N) is 2. The summed E-state index contributed by atoms with van der Waals surface area (Å²) in [6.07, 6.45) is 2.56. The van der Waals surface area contributed by atoms with Crippen molar-refractivity contribution in [3.63, 3.8) is 0 Å². The lowest BCUT2D eigenvalue weighted by Gasteiger charge is -2.34. The molecule has 1 fully saturated rings. The van der Waals surface area contributed by atoms with E-state index in [1.54, 1.807) is 11.3 Å². The molecule has 1 saturated heterocycles. The van der Waals surface area contributed by atoms with E-state index < -0.39 is 0 Å². The van der Waals surface area contributed by atoms with Gasteiger partial charge >= 0.3 is 6.03 Å². The molecule has 0 aliphatic carbocycles. The number of aromatic nitrogens is 1. The second-order valence-electron chi connectivity index (χ2n) is 6.15. The van der Waals surface area contributed by atoms with Crippen molar-refractivity contribution in [2.45, 2.75) is 13.3 Å². The smallest absolute Gasteiger partial charge is 0.317 e. The highest BCUT2D eigenvalue weighted by Gasteiger charge is 2.21. The lowest BCUT2D eigenvalue weighted by molar-refractivity contribution is -0.114. The lowest BCUT2D eigenvalue weighted by Crippen LogP contribution is -2.52. The van der Waals surface area contributed by atoms with Crippen LogP contribution in [0.5, 0.6) is 0 Å². The van der Waals surface area contributed by atoms with Crippen LogP contribution in [0.2, 0.25) is 0 Å². The second kappa shape index (κ2) is 8.66. The van der Waals surface area contributed by atoms with E-state index in [-0.39, 0.29) is 11.9 Å². The Morgan fingerprint density at radius 3 is 2.50 bits per heavy atom. The molecule has 7 nitrogen and oxygen atoms in total. The zero-order valence-electron chi connectivity index (χ0n) is 14.8. The summed E-state index contributed by atoms with van der Waals surface area (Å²) in [5.41, 5.74) is 1.90. The van der Waals surface area contributed by atoms with Crippen molar-refractivity contribution >= 4 is 34.1 Å². The number of urea groups is 1. The monoisotopic (exact) mass is 373 g/mol. The number of thiazole rings is 1. The van der Waals surface area contributed by atoms with Crippen molar-refractivity contribution in [2.75, 3.05) is 42.9 Å². The summed E-state index contributed by atoms with van der Waals surface area (Å²) >= 11 is 1.63. The van der Waals surface area contributed by atoms with Crippen LogP contribution in [0.15, 0.2) is 35.8 Å². The van der Waals surface area contributed by atoms with Crippen LogP contribution in [-0.2, 0) is 11.2 Å². The third-order valence-electron chi connectivity index (χ3n) is 4.22. The van der Waals surface area contributed by atoms with Gasteiger partial charge in [-0.1, -0.05) is 12.1 Å². The van der Waals surface area contributed by atoms with Crippen LogP contribution in [0, 0.1) is 0 Å². The molecule has 8 heteroatoms. The second-order valence-corrected chi connectivity index (χ2v) is 7.02. The average molecular weight is 373 g/mol. The number of piperazine rings is 1. The summed E-state index contributed by atoms with van der Waals surface area (Å²) in [5.74, 6) is -0.0834. The van der Waals surface area contributed by atoms with E-state index in [1.165, 1.54) is 6.92 Å². The Labute approximate surface area is 157 Å². The summed E-state index contributed by atoms with van der Waals surface area (Å²) < 4.78 is 0. The summed E-state index contributed by atoms with van der Waals surface area (Å²) in [4.78, 5) is 31.7. The highest BCUT2D eigenvalue weighted by atomic mass is 32.1. The van der Waals surface area contributed by atoms with Crippen molar-refractivity contribution < 1.29 is 9.59 Å². The topological polar surface area (TPSA) is 77.6 Å². The fourth-order valence-corrected chi connectivity index (χ4v) is 3.55. The minimum atomic E-state index is -0.0834. The van der Waals surface area contributed by atoms with Crippen LogP contribution < -0.4 is 15.5 Å². The van der Waals surface area contributed by atoms with Gasteiger partial charge in [-0.05, 0) is 24.1 Å². The number of anilines is 2. The molecule has 3 amide bonds. The number of hydrogen-bond acceptors (Lipinski definition) is 5. The van der Waals surface area contributed by atoms with Gasteiger partial charge in [0, 0.05) is 56.9 Å². The molecule has 1 aromatic heterocycles. The zero-order valence-corrected chi connectivity index (χ0v) is 15.6. The van der Waals surface area contributed by atoms with Crippen molar-refractivity contribution in [1.29, 1.82) is 0 Å². The molecule has 3 rings (SSSR count). The largest absolute Gasteiger partial charge is 0.345 e. The first-order chi connectivity index (χ1) is 12.6. The molecule has 1 aliphatic rings. The number of rotatable bonds is 5. The molecule has 0 unspecified atom stereocenters. The third kappa shape index (κ3) is 4.95. The van der Waals surface area contributed by atoms with E-state index in [0.717, 1.165) is 35.9 Å². The van der Waals surface area contributed by atoms with Crippen molar-refractivity contribution in [2.24, 2.45) is 0 Å². The maximum atomic E-state index is 12.3. The third-order valence-corrected chi connectivity index (χ3v) is 5.05. The first-order valence-corrected chi connectivity index (χ1v) is 9.53. The average Bonchev–Trinajstić information content (AvgIpc) is 3.17. The molecular formula is C18H23N5O2S. The Kier molecular flexibility index (Phi) is 6.06. The maximum Gasteiger partial charge on any atom is 0.317 e. The van der Waals surface area contributed by atoms with Gasteiger partial charge in [0.2, 0.25) is 5.91 Å². The zero-order chi connectivity index (χ0) is 18.4. The Balaban J connectivity index is 1.38. The fraction of sp³-hybridized carbons (Fsp3) is 0.389. The lowest BCUT2D eigenvalue weighted by atomic mass is 10.1. The number of benzene rings is 1. The van der Waals surface area contributed by atoms with Crippen LogP contribution in [0.1, 0.15) is 12.5 Å². The highest BCUT2D eigenvalue weighted by Crippen LogP contribution is 2.18. The van der Waals surface area contributed by atoms with E-state index in [0.29, 0.717) is 19.6 Å². The SMILES string of the molecule is CC(=O)Nc1ccc(CCNC(=O)N2CCN(c3nccs3)CC2)cc1. The Morgan fingerprint density at radius 2 is 1.88 bits per heavy atom. The first-order valence-electron chi connectivity index (χ1n) is 8.65. The number of amides is 3. The van der Waals surface area contributed by atoms with Gasteiger partial charge in [-0.25, -0.2) is 9.78 Å².